The van der Waals surface area contributed by atoms with Crippen LogP contribution in [0.2, 0.25) is 0 Å². The van der Waals surface area contributed by atoms with Gasteiger partial charge >= 0.3 is 0 Å². The number of carbonyl (C=O) groups is 1. The number of Topliss-reactive ketones (excluding diaryl/α,β-unsaturated/α-hetero) is 1. The van der Waals surface area contributed by atoms with E-state index in [1.807, 2.05) is 26.0 Å². The van der Waals surface area contributed by atoms with Crippen LogP contribution in [0, 0.1) is 12.3 Å². The maximum absolute atomic E-state index is 12.0. The third kappa shape index (κ3) is 3.19. The molecule has 1 nitrogen and oxygen atoms in total. The van der Waals surface area contributed by atoms with Crippen molar-refractivity contribution in [3.63, 3.8) is 0 Å². The van der Waals surface area contributed by atoms with Crippen LogP contribution >= 0.6 is 0 Å². The molecule has 0 N–H and O–H groups in total. The van der Waals surface area contributed by atoms with Crippen LogP contribution in [0.1, 0.15) is 38.3 Å². The van der Waals surface area contributed by atoms with Crippen LogP contribution in [-0.4, -0.2) is 5.78 Å². The maximum Gasteiger partial charge on any atom is 0.142 e. The summed E-state index contributed by atoms with van der Waals surface area (Å²) in [6, 6.07) is 8.20. The molecular weight excluding hydrogens is 184 g/mol. The van der Waals surface area contributed by atoms with E-state index in [0.717, 1.165) is 12.0 Å². The summed E-state index contributed by atoms with van der Waals surface area (Å²) in [7, 11) is 0. The minimum atomic E-state index is -0.190. The van der Waals surface area contributed by atoms with E-state index in [1.54, 1.807) is 0 Å². The Balaban J connectivity index is 2.71. The smallest absolute Gasteiger partial charge is 0.142 e. The summed E-state index contributed by atoms with van der Waals surface area (Å²) in [5, 5.41) is 0. The molecule has 0 aliphatic rings. The fourth-order valence-electron chi connectivity index (χ4n) is 1.33. The Labute approximate surface area is 92.5 Å². The summed E-state index contributed by atoms with van der Waals surface area (Å²) >= 11 is 0. The molecule has 0 fully saturated rings. The van der Waals surface area contributed by atoms with E-state index in [4.69, 9.17) is 0 Å². The van der Waals surface area contributed by atoms with Crippen LogP contribution in [0.5, 0.6) is 0 Å². The third-order valence-electron chi connectivity index (χ3n) is 3.12. The van der Waals surface area contributed by atoms with Crippen LogP contribution in [0.3, 0.4) is 0 Å². The zero-order chi connectivity index (χ0) is 11.5. The SMILES string of the molecule is CCC(C)(C)C(=O)Cc1ccc(C)cc1. The Bertz CT molecular complexity index is 333. The second-order valence-corrected chi connectivity index (χ2v) is 4.82. The average Bonchev–Trinajstić information content (AvgIpc) is 2.21. The second-order valence-electron chi connectivity index (χ2n) is 4.82. The third-order valence-corrected chi connectivity index (χ3v) is 3.12. The highest BCUT2D eigenvalue weighted by Crippen LogP contribution is 2.23. The van der Waals surface area contributed by atoms with Gasteiger partial charge in [-0.15, -0.1) is 0 Å². The summed E-state index contributed by atoms with van der Waals surface area (Å²) < 4.78 is 0. The van der Waals surface area contributed by atoms with Crippen molar-refractivity contribution in [2.24, 2.45) is 5.41 Å². The van der Waals surface area contributed by atoms with Crippen LogP contribution in [-0.2, 0) is 11.2 Å². The lowest BCUT2D eigenvalue weighted by atomic mass is 9.82. The molecule has 0 saturated heterocycles. The predicted octanol–water partition coefficient (Wildman–Crippen LogP) is 3.54. The molecule has 82 valence electrons. The van der Waals surface area contributed by atoms with E-state index in [1.165, 1.54) is 5.56 Å². The molecule has 0 atom stereocenters. The lowest BCUT2D eigenvalue weighted by molar-refractivity contribution is -0.126. The van der Waals surface area contributed by atoms with Crippen molar-refractivity contribution >= 4 is 5.78 Å². The molecular formula is C14H20O. The molecule has 0 saturated carbocycles. The fraction of sp³-hybridized carbons (Fsp3) is 0.500. The minimum absolute atomic E-state index is 0.190. The van der Waals surface area contributed by atoms with E-state index in [-0.39, 0.29) is 5.41 Å². The van der Waals surface area contributed by atoms with Gasteiger partial charge in [0, 0.05) is 11.8 Å². The van der Waals surface area contributed by atoms with Crippen molar-refractivity contribution in [3.8, 4) is 0 Å². The van der Waals surface area contributed by atoms with Gasteiger partial charge in [0.25, 0.3) is 0 Å². The molecule has 1 rings (SSSR count). The number of benzene rings is 1. The highest BCUT2D eigenvalue weighted by atomic mass is 16.1. The highest BCUT2D eigenvalue weighted by molar-refractivity contribution is 5.86. The van der Waals surface area contributed by atoms with Crippen molar-refractivity contribution in [1.29, 1.82) is 0 Å². The van der Waals surface area contributed by atoms with Gasteiger partial charge in [-0.3, -0.25) is 4.79 Å². The van der Waals surface area contributed by atoms with Gasteiger partial charge in [-0.05, 0) is 18.9 Å². The Morgan fingerprint density at radius 1 is 1.20 bits per heavy atom. The molecule has 0 amide bonds. The van der Waals surface area contributed by atoms with Gasteiger partial charge in [0.15, 0.2) is 0 Å². The summed E-state index contributed by atoms with van der Waals surface area (Å²) in [5.74, 6) is 0.328. The summed E-state index contributed by atoms with van der Waals surface area (Å²) in [4.78, 5) is 12.0. The number of rotatable bonds is 4. The summed E-state index contributed by atoms with van der Waals surface area (Å²) in [5.41, 5.74) is 2.17. The van der Waals surface area contributed by atoms with Crippen molar-refractivity contribution in [2.75, 3.05) is 0 Å². The second kappa shape index (κ2) is 4.61. The molecule has 0 bridgehead atoms. The topological polar surface area (TPSA) is 17.1 Å². The van der Waals surface area contributed by atoms with E-state index in [0.29, 0.717) is 12.2 Å². The summed E-state index contributed by atoms with van der Waals surface area (Å²) in [6.07, 6.45) is 1.46. The average molecular weight is 204 g/mol. The first kappa shape index (κ1) is 12.0. The van der Waals surface area contributed by atoms with Gasteiger partial charge < -0.3 is 0 Å². The number of aryl methyl sites for hydroxylation is 1. The van der Waals surface area contributed by atoms with Crippen molar-refractivity contribution < 1.29 is 4.79 Å². The van der Waals surface area contributed by atoms with Gasteiger partial charge in [0.2, 0.25) is 0 Å². The zero-order valence-electron chi connectivity index (χ0n) is 10.1. The first-order chi connectivity index (χ1) is 6.95. The first-order valence-electron chi connectivity index (χ1n) is 5.54. The molecule has 1 aromatic rings. The van der Waals surface area contributed by atoms with Crippen molar-refractivity contribution in [1.82, 2.24) is 0 Å². The monoisotopic (exact) mass is 204 g/mol. The van der Waals surface area contributed by atoms with E-state index in [2.05, 4.69) is 26.0 Å². The van der Waals surface area contributed by atoms with E-state index in [9.17, 15) is 4.79 Å². The lowest BCUT2D eigenvalue weighted by Gasteiger charge is -2.20. The Morgan fingerprint density at radius 2 is 1.73 bits per heavy atom. The molecule has 1 aromatic carbocycles. The van der Waals surface area contributed by atoms with Crippen LogP contribution in [0.15, 0.2) is 24.3 Å². The molecule has 1 heteroatoms. The quantitative estimate of drug-likeness (QED) is 0.733. The minimum Gasteiger partial charge on any atom is -0.299 e. The lowest BCUT2D eigenvalue weighted by Crippen LogP contribution is -2.24. The Morgan fingerprint density at radius 3 is 2.20 bits per heavy atom. The van der Waals surface area contributed by atoms with Crippen molar-refractivity contribution in [2.45, 2.75) is 40.5 Å². The molecule has 0 aromatic heterocycles. The molecule has 0 unspecified atom stereocenters. The number of ketones is 1. The highest BCUT2D eigenvalue weighted by Gasteiger charge is 2.24. The maximum atomic E-state index is 12.0. The molecule has 0 aliphatic heterocycles. The van der Waals surface area contributed by atoms with Gasteiger partial charge in [-0.2, -0.15) is 0 Å². The number of hydrogen-bond donors (Lipinski definition) is 0. The van der Waals surface area contributed by atoms with Crippen LogP contribution < -0.4 is 0 Å². The predicted molar refractivity (Wildman–Crippen MR) is 64.0 cm³/mol. The standard InChI is InChI=1S/C14H20O/c1-5-14(3,4)13(15)10-12-8-6-11(2)7-9-12/h6-9H,5,10H2,1-4H3. The van der Waals surface area contributed by atoms with E-state index < -0.39 is 0 Å². The van der Waals surface area contributed by atoms with Crippen LogP contribution in [0.4, 0.5) is 0 Å². The molecule has 0 radical (unpaired) electrons. The molecule has 0 spiro atoms. The van der Waals surface area contributed by atoms with Gasteiger partial charge in [-0.1, -0.05) is 50.6 Å². The van der Waals surface area contributed by atoms with Gasteiger partial charge in [-0.25, -0.2) is 0 Å². The Hall–Kier alpha value is -1.11. The molecule has 0 aliphatic carbocycles. The fourth-order valence-corrected chi connectivity index (χ4v) is 1.33. The van der Waals surface area contributed by atoms with Crippen LogP contribution in [0.25, 0.3) is 0 Å². The number of hydrogen-bond acceptors (Lipinski definition) is 1. The zero-order valence-corrected chi connectivity index (χ0v) is 10.1. The van der Waals surface area contributed by atoms with Gasteiger partial charge in [0.1, 0.15) is 5.78 Å². The first-order valence-corrected chi connectivity index (χ1v) is 5.54. The summed E-state index contributed by atoms with van der Waals surface area (Å²) in [6.45, 7) is 8.15. The van der Waals surface area contributed by atoms with Gasteiger partial charge in [0.05, 0.1) is 0 Å². The number of carbonyl (C=O) groups excluding carboxylic acids is 1. The largest absolute Gasteiger partial charge is 0.299 e. The Kier molecular flexibility index (Phi) is 3.67. The van der Waals surface area contributed by atoms with Crippen molar-refractivity contribution in [3.05, 3.63) is 35.4 Å². The van der Waals surface area contributed by atoms with E-state index >= 15 is 0 Å². The normalized spacial score (nSPS) is 11.5. The molecule has 0 heterocycles. The molecule has 15 heavy (non-hydrogen) atoms.